The minimum absolute atomic E-state index is 0.00359. The normalized spacial score (nSPS) is 13.7. The SMILES string of the molecule is COC(=O)c1nc(C2CC2)nc(N(C)c2cc(F)c(F)cc2F)c1Cl. The Morgan fingerprint density at radius 2 is 1.84 bits per heavy atom. The standard InChI is InChI=1S/C16H13ClF3N3O2/c1-23(11-6-9(19)8(18)5-10(11)20)15-12(17)13(16(24)25-2)21-14(22-15)7-3-4-7/h5-7H,3-4H2,1-2H3. The summed E-state index contributed by atoms with van der Waals surface area (Å²) in [6.45, 7) is 0. The fraction of sp³-hybridized carbons (Fsp3) is 0.312. The molecule has 0 spiro atoms. The second-order valence-corrected chi connectivity index (χ2v) is 5.99. The molecule has 0 bridgehead atoms. The fourth-order valence-corrected chi connectivity index (χ4v) is 2.60. The van der Waals surface area contributed by atoms with Gasteiger partial charge in [-0.15, -0.1) is 0 Å². The third-order valence-corrected chi connectivity index (χ3v) is 4.19. The highest BCUT2D eigenvalue weighted by Gasteiger charge is 2.31. The van der Waals surface area contributed by atoms with Crippen LogP contribution in [0, 0.1) is 17.5 Å². The van der Waals surface area contributed by atoms with E-state index < -0.39 is 23.4 Å². The maximum atomic E-state index is 14.1. The highest BCUT2D eigenvalue weighted by molar-refractivity contribution is 6.35. The third-order valence-electron chi connectivity index (χ3n) is 3.84. The molecule has 2 aromatic rings. The second kappa shape index (κ2) is 6.51. The summed E-state index contributed by atoms with van der Waals surface area (Å²) in [5.74, 6) is -3.85. The van der Waals surface area contributed by atoms with Gasteiger partial charge < -0.3 is 9.64 Å². The average Bonchev–Trinajstić information content (AvgIpc) is 3.42. The van der Waals surface area contributed by atoms with Crippen LogP contribution in [0.15, 0.2) is 12.1 Å². The summed E-state index contributed by atoms with van der Waals surface area (Å²) >= 11 is 6.19. The van der Waals surface area contributed by atoms with Gasteiger partial charge in [-0.1, -0.05) is 11.6 Å². The van der Waals surface area contributed by atoms with E-state index in [1.165, 1.54) is 14.2 Å². The number of nitrogens with zero attached hydrogens (tertiary/aromatic N) is 3. The van der Waals surface area contributed by atoms with Crippen LogP contribution in [0.3, 0.4) is 0 Å². The smallest absolute Gasteiger partial charge is 0.358 e. The van der Waals surface area contributed by atoms with E-state index in [4.69, 9.17) is 11.6 Å². The van der Waals surface area contributed by atoms with Crippen LogP contribution in [0.2, 0.25) is 5.02 Å². The van der Waals surface area contributed by atoms with Crippen LogP contribution in [0.1, 0.15) is 35.1 Å². The molecule has 1 fully saturated rings. The van der Waals surface area contributed by atoms with Crippen LogP contribution in [0.5, 0.6) is 0 Å². The number of ether oxygens (including phenoxy) is 1. The van der Waals surface area contributed by atoms with Crippen molar-refractivity contribution in [2.45, 2.75) is 18.8 Å². The first kappa shape index (κ1) is 17.5. The predicted octanol–water partition coefficient (Wildman–Crippen LogP) is 3.98. The molecule has 132 valence electrons. The van der Waals surface area contributed by atoms with Crippen molar-refractivity contribution in [1.29, 1.82) is 0 Å². The third kappa shape index (κ3) is 3.26. The van der Waals surface area contributed by atoms with Crippen molar-refractivity contribution < 1.29 is 22.7 Å². The first-order valence-corrected chi connectivity index (χ1v) is 7.75. The number of methoxy groups -OCH3 is 1. The molecule has 0 unspecified atom stereocenters. The number of aromatic nitrogens is 2. The number of halogens is 4. The van der Waals surface area contributed by atoms with Crippen LogP contribution in [-0.2, 0) is 4.74 Å². The molecule has 1 heterocycles. The van der Waals surface area contributed by atoms with E-state index in [9.17, 15) is 18.0 Å². The van der Waals surface area contributed by atoms with Gasteiger partial charge in [-0.2, -0.15) is 0 Å². The first-order valence-electron chi connectivity index (χ1n) is 7.37. The zero-order valence-electron chi connectivity index (χ0n) is 13.3. The predicted molar refractivity (Wildman–Crippen MR) is 84.7 cm³/mol. The molecule has 3 rings (SSSR count). The largest absolute Gasteiger partial charge is 0.464 e. The fourth-order valence-electron chi connectivity index (χ4n) is 2.31. The molecule has 0 amide bonds. The Morgan fingerprint density at radius 3 is 2.44 bits per heavy atom. The Bertz CT molecular complexity index is 859. The molecule has 1 aliphatic carbocycles. The number of hydrogen-bond acceptors (Lipinski definition) is 5. The topological polar surface area (TPSA) is 55.3 Å². The summed E-state index contributed by atoms with van der Waals surface area (Å²) in [7, 11) is 2.55. The van der Waals surface area contributed by atoms with Crippen LogP contribution in [0.25, 0.3) is 0 Å². The Labute approximate surface area is 146 Å². The van der Waals surface area contributed by atoms with Crippen molar-refractivity contribution >= 4 is 29.1 Å². The van der Waals surface area contributed by atoms with Crippen molar-refractivity contribution in [2.24, 2.45) is 0 Å². The minimum Gasteiger partial charge on any atom is -0.464 e. The van der Waals surface area contributed by atoms with Crippen molar-refractivity contribution in [1.82, 2.24) is 9.97 Å². The van der Waals surface area contributed by atoms with E-state index in [-0.39, 0.29) is 28.1 Å². The number of hydrogen-bond donors (Lipinski definition) is 0. The lowest BCUT2D eigenvalue weighted by Gasteiger charge is -2.21. The number of carbonyl (C=O) groups is 1. The first-order chi connectivity index (χ1) is 11.8. The van der Waals surface area contributed by atoms with Crippen molar-refractivity contribution in [3.05, 3.63) is 46.1 Å². The lowest BCUT2D eigenvalue weighted by molar-refractivity contribution is 0.0593. The molecule has 1 aromatic heterocycles. The molecule has 0 N–H and O–H groups in total. The van der Waals surface area contributed by atoms with E-state index in [1.54, 1.807) is 0 Å². The zero-order valence-corrected chi connectivity index (χ0v) is 14.1. The number of rotatable bonds is 4. The van der Waals surface area contributed by atoms with Gasteiger partial charge in [-0.25, -0.2) is 27.9 Å². The summed E-state index contributed by atoms with van der Waals surface area (Å²) in [6.07, 6.45) is 1.70. The summed E-state index contributed by atoms with van der Waals surface area (Å²) in [6, 6.07) is 1.12. The number of carbonyl (C=O) groups excluding carboxylic acids is 1. The highest BCUT2D eigenvalue weighted by atomic mass is 35.5. The minimum atomic E-state index is -1.31. The molecule has 1 aromatic carbocycles. The highest BCUT2D eigenvalue weighted by Crippen LogP contribution is 2.41. The molecule has 5 nitrogen and oxygen atoms in total. The van der Waals surface area contributed by atoms with Gasteiger partial charge in [0.15, 0.2) is 23.1 Å². The molecule has 1 saturated carbocycles. The molecule has 0 aliphatic heterocycles. The Hall–Kier alpha value is -2.35. The maximum Gasteiger partial charge on any atom is 0.358 e. The van der Waals surface area contributed by atoms with E-state index in [0.29, 0.717) is 18.0 Å². The van der Waals surface area contributed by atoms with Gasteiger partial charge in [0.05, 0.1) is 12.8 Å². The lowest BCUT2D eigenvalue weighted by Crippen LogP contribution is -2.18. The van der Waals surface area contributed by atoms with Gasteiger partial charge in [0.25, 0.3) is 0 Å². The van der Waals surface area contributed by atoms with Gasteiger partial charge in [0, 0.05) is 25.1 Å². The molecular formula is C16H13ClF3N3O2. The van der Waals surface area contributed by atoms with Crippen molar-refractivity contribution in [3.63, 3.8) is 0 Å². The second-order valence-electron chi connectivity index (χ2n) is 5.61. The molecule has 1 aliphatic rings. The summed E-state index contributed by atoms with van der Waals surface area (Å²) in [5, 5.41) is -0.164. The molecule has 9 heteroatoms. The van der Waals surface area contributed by atoms with E-state index in [0.717, 1.165) is 17.7 Å². The van der Waals surface area contributed by atoms with E-state index >= 15 is 0 Å². The Balaban J connectivity index is 2.13. The number of esters is 1. The van der Waals surface area contributed by atoms with Gasteiger partial charge in [0.2, 0.25) is 0 Å². The van der Waals surface area contributed by atoms with Gasteiger partial charge in [-0.3, -0.25) is 0 Å². The van der Waals surface area contributed by atoms with Gasteiger partial charge >= 0.3 is 5.97 Å². The lowest BCUT2D eigenvalue weighted by atomic mass is 10.2. The molecule has 0 atom stereocenters. The Kier molecular flexibility index (Phi) is 4.55. The maximum absolute atomic E-state index is 14.1. The monoisotopic (exact) mass is 371 g/mol. The van der Waals surface area contributed by atoms with Gasteiger partial charge in [-0.05, 0) is 12.8 Å². The summed E-state index contributed by atoms with van der Waals surface area (Å²) in [4.78, 5) is 21.4. The number of anilines is 2. The van der Waals surface area contributed by atoms with Crippen LogP contribution < -0.4 is 4.90 Å². The molecule has 0 radical (unpaired) electrons. The summed E-state index contributed by atoms with van der Waals surface area (Å²) in [5.41, 5.74) is -0.442. The van der Waals surface area contributed by atoms with Gasteiger partial charge in [0.1, 0.15) is 16.7 Å². The Morgan fingerprint density at radius 1 is 1.20 bits per heavy atom. The summed E-state index contributed by atoms with van der Waals surface area (Å²) < 4.78 is 45.4. The van der Waals surface area contributed by atoms with Crippen LogP contribution >= 0.6 is 11.6 Å². The van der Waals surface area contributed by atoms with Crippen molar-refractivity contribution in [2.75, 3.05) is 19.1 Å². The quantitative estimate of drug-likeness (QED) is 0.601. The van der Waals surface area contributed by atoms with Crippen LogP contribution in [-0.4, -0.2) is 30.1 Å². The average molecular weight is 372 g/mol. The van der Waals surface area contributed by atoms with E-state index in [1.807, 2.05) is 0 Å². The van der Waals surface area contributed by atoms with Crippen LogP contribution in [0.4, 0.5) is 24.7 Å². The number of benzene rings is 1. The molecular weight excluding hydrogens is 359 g/mol. The van der Waals surface area contributed by atoms with E-state index in [2.05, 4.69) is 14.7 Å². The molecule has 25 heavy (non-hydrogen) atoms. The molecule has 0 saturated heterocycles. The zero-order chi connectivity index (χ0) is 18.3. The van der Waals surface area contributed by atoms with Crippen molar-refractivity contribution in [3.8, 4) is 0 Å².